The highest BCUT2D eigenvalue weighted by Gasteiger charge is 2.32. The molecule has 2 rings (SSSR count). The van der Waals surface area contributed by atoms with Crippen LogP contribution in [-0.2, 0) is 9.47 Å². The lowest BCUT2D eigenvalue weighted by atomic mass is 10.2. The van der Waals surface area contributed by atoms with Crippen LogP contribution in [0, 0.1) is 0 Å². The van der Waals surface area contributed by atoms with Gasteiger partial charge in [-0.2, -0.15) is 0 Å². The Balaban J connectivity index is 1.89. The predicted molar refractivity (Wildman–Crippen MR) is 96.2 cm³/mol. The van der Waals surface area contributed by atoms with E-state index in [1.54, 1.807) is 0 Å². The molecule has 22 heavy (non-hydrogen) atoms. The first-order valence-electron chi connectivity index (χ1n) is 8.43. The summed E-state index contributed by atoms with van der Waals surface area (Å²) < 4.78 is 11.9. The van der Waals surface area contributed by atoms with E-state index in [4.69, 9.17) is 9.47 Å². The molecule has 1 fully saturated rings. The van der Waals surface area contributed by atoms with Crippen LogP contribution in [0.25, 0.3) is 6.08 Å². The second-order valence-corrected chi connectivity index (χ2v) is 7.14. The van der Waals surface area contributed by atoms with Crippen LogP contribution in [0.1, 0.15) is 25.8 Å². The number of hydrogen-bond donors (Lipinski definition) is 0. The van der Waals surface area contributed by atoms with Crippen molar-refractivity contribution in [2.75, 3.05) is 19.8 Å². The molecule has 122 valence electrons. The quantitative estimate of drug-likeness (QED) is 0.542. The average Bonchev–Trinajstić information content (AvgIpc) is 2.94. The maximum atomic E-state index is 6.16. The van der Waals surface area contributed by atoms with Crippen LogP contribution in [0.15, 0.2) is 36.4 Å². The summed E-state index contributed by atoms with van der Waals surface area (Å²) in [5.74, 6) is 0. The van der Waals surface area contributed by atoms with Gasteiger partial charge in [-0.3, -0.25) is 4.90 Å². The highest BCUT2D eigenvalue weighted by molar-refractivity contribution is 6.08. The maximum absolute atomic E-state index is 6.16. The van der Waals surface area contributed by atoms with E-state index in [2.05, 4.69) is 55.2 Å². The molecule has 0 saturated carbocycles. The maximum Gasteiger partial charge on any atom is 0.130 e. The third kappa shape index (κ3) is 5.36. The third-order valence-corrected chi connectivity index (χ3v) is 4.64. The summed E-state index contributed by atoms with van der Waals surface area (Å²) in [5.41, 5.74) is 1.21. The van der Waals surface area contributed by atoms with Crippen LogP contribution in [0.4, 0.5) is 0 Å². The minimum atomic E-state index is 0.0485. The molecular weight excluding hydrogens is 290 g/mol. The molecule has 1 aliphatic rings. The van der Waals surface area contributed by atoms with Gasteiger partial charge in [-0.1, -0.05) is 42.5 Å². The lowest BCUT2D eigenvalue weighted by molar-refractivity contribution is -0.0150. The Kier molecular flexibility index (Phi) is 7.32. The zero-order valence-electron chi connectivity index (χ0n) is 14.1. The van der Waals surface area contributed by atoms with Crippen LogP contribution in [0.2, 0.25) is 6.04 Å². The van der Waals surface area contributed by atoms with Crippen molar-refractivity contribution in [3.63, 3.8) is 0 Å². The van der Waals surface area contributed by atoms with Gasteiger partial charge in [0.15, 0.2) is 0 Å². The van der Waals surface area contributed by atoms with Gasteiger partial charge in [0, 0.05) is 29.4 Å². The van der Waals surface area contributed by atoms with Crippen molar-refractivity contribution >= 4 is 16.3 Å². The van der Waals surface area contributed by atoms with Gasteiger partial charge in [0.25, 0.3) is 0 Å². The molecule has 0 aliphatic carbocycles. The van der Waals surface area contributed by atoms with Crippen molar-refractivity contribution in [1.29, 1.82) is 0 Å². The molecule has 2 atom stereocenters. The number of benzene rings is 1. The zero-order valence-corrected chi connectivity index (χ0v) is 16.1. The summed E-state index contributed by atoms with van der Waals surface area (Å²) >= 11 is 0. The molecule has 0 aromatic heterocycles. The van der Waals surface area contributed by atoms with Crippen molar-refractivity contribution in [2.24, 2.45) is 0 Å². The lowest BCUT2D eigenvalue weighted by Gasteiger charge is -2.24. The highest BCUT2D eigenvalue weighted by atomic mass is 28.1. The van der Waals surface area contributed by atoms with Crippen LogP contribution < -0.4 is 0 Å². The van der Waals surface area contributed by atoms with Gasteiger partial charge >= 0.3 is 0 Å². The fourth-order valence-electron chi connectivity index (χ4n) is 2.63. The second kappa shape index (κ2) is 9.25. The molecule has 1 aromatic rings. The molecule has 4 heteroatoms. The van der Waals surface area contributed by atoms with Crippen molar-refractivity contribution in [2.45, 2.75) is 44.7 Å². The summed E-state index contributed by atoms with van der Waals surface area (Å²) in [5, 5.41) is 0. The van der Waals surface area contributed by atoms with Crippen molar-refractivity contribution in [1.82, 2.24) is 4.90 Å². The minimum Gasteiger partial charge on any atom is -0.379 e. The number of nitrogens with zero attached hydrogens (tertiary/aromatic N) is 1. The van der Waals surface area contributed by atoms with Crippen molar-refractivity contribution in [3.8, 4) is 0 Å². The monoisotopic (exact) mass is 319 g/mol. The van der Waals surface area contributed by atoms with Crippen molar-refractivity contribution in [3.05, 3.63) is 42.0 Å². The van der Waals surface area contributed by atoms with Gasteiger partial charge in [-0.15, -0.1) is 0 Å². The van der Waals surface area contributed by atoms with Gasteiger partial charge in [-0.25, -0.2) is 0 Å². The molecule has 0 spiro atoms. The van der Waals surface area contributed by atoms with E-state index < -0.39 is 0 Å². The smallest absolute Gasteiger partial charge is 0.130 e. The normalized spacial score (nSPS) is 23.0. The Morgan fingerprint density at radius 2 is 2.14 bits per heavy atom. The molecule has 0 radical (unpaired) electrons. The van der Waals surface area contributed by atoms with E-state index >= 15 is 0 Å². The van der Waals surface area contributed by atoms with E-state index in [0.717, 1.165) is 13.2 Å². The average molecular weight is 320 g/mol. The van der Waals surface area contributed by atoms with Crippen LogP contribution >= 0.6 is 0 Å². The van der Waals surface area contributed by atoms with Gasteiger partial charge < -0.3 is 9.47 Å². The van der Waals surface area contributed by atoms with Gasteiger partial charge in [0.05, 0.1) is 12.7 Å². The van der Waals surface area contributed by atoms with E-state index in [1.807, 2.05) is 6.07 Å². The van der Waals surface area contributed by atoms with E-state index in [-0.39, 0.29) is 12.3 Å². The van der Waals surface area contributed by atoms with Gasteiger partial charge in [-0.05, 0) is 31.9 Å². The first-order chi connectivity index (χ1) is 10.7. The first kappa shape index (κ1) is 17.4. The van der Waals surface area contributed by atoms with E-state index in [1.165, 1.54) is 28.3 Å². The Labute approximate surface area is 137 Å². The fraction of sp³-hybridized carbons (Fsp3) is 0.556. The Hall–Kier alpha value is -0.943. The summed E-state index contributed by atoms with van der Waals surface area (Å²) in [4.78, 5) is 2.39. The van der Waals surface area contributed by atoms with Gasteiger partial charge in [0.2, 0.25) is 0 Å². The molecule has 2 unspecified atom stereocenters. The summed E-state index contributed by atoms with van der Waals surface area (Å²) in [7, 11) is 1.27. The number of ether oxygens (including phenoxy) is 2. The molecule has 0 amide bonds. The summed E-state index contributed by atoms with van der Waals surface area (Å²) in [6, 6.07) is 12.2. The Bertz CT molecular complexity index is 450. The molecule has 1 heterocycles. The first-order valence-corrected chi connectivity index (χ1v) is 9.84. The van der Waals surface area contributed by atoms with Crippen LogP contribution in [-0.4, -0.2) is 53.3 Å². The summed E-state index contributed by atoms with van der Waals surface area (Å²) in [6.07, 6.45) is 5.72. The minimum absolute atomic E-state index is 0.0485. The topological polar surface area (TPSA) is 21.7 Å². The molecule has 0 bridgehead atoms. The van der Waals surface area contributed by atoms with E-state index in [9.17, 15) is 0 Å². The molecule has 1 saturated heterocycles. The Morgan fingerprint density at radius 3 is 2.82 bits per heavy atom. The van der Waals surface area contributed by atoms with Crippen LogP contribution in [0.3, 0.4) is 0 Å². The largest absolute Gasteiger partial charge is 0.379 e. The molecule has 1 aromatic carbocycles. The number of hydrogen-bond acceptors (Lipinski definition) is 3. The molecule has 0 N–H and O–H groups in total. The molecular formula is C18H29NO2Si. The Morgan fingerprint density at radius 1 is 1.36 bits per heavy atom. The van der Waals surface area contributed by atoms with Gasteiger partial charge in [0.1, 0.15) is 6.23 Å². The third-order valence-electron chi connectivity index (χ3n) is 3.94. The molecule has 3 nitrogen and oxygen atoms in total. The molecule has 1 aliphatic heterocycles. The van der Waals surface area contributed by atoms with E-state index in [0.29, 0.717) is 12.6 Å². The SMILES string of the molecule is CC(C)N1CC(COCCC[SiH3])OC1/C=C/c1ccccc1. The van der Waals surface area contributed by atoms with Crippen LogP contribution in [0.5, 0.6) is 0 Å². The number of rotatable bonds is 8. The van der Waals surface area contributed by atoms with Crippen molar-refractivity contribution < 1.29 is 9.47 Å². The highest BCUT2D eigenvalue weighted by Crippen LogP contribution is 2.21. The summed E-state index contributed by atoms with van der Waals surface area (Å²) in [6.45, 7) is 6.97. The second-order valence-electron chi connectivity index (χ2n) is 6.14. The zero-order chi connectivity index (χ0) is 15.8. The standard InChI is InChI=1S/C18H29NO2Si/c1-15(2)19-13-17(14-20-11-6-12-22)21-18(19)10-9-16-7-4-3-5-8-16/h3-5,7-10,15,17-18H,6,11-14H2,1-2,22H3/b10-9+. The lowest BCUT2D eigenvalue weighted by Crippen LogP contribution is -2.35. The fourth-order valence-corrected chi connectivity index (χ4v) is 2.92. The predicted octanol–water partition coefficient (Wildman–Crippen LogP) is 2.33.